The maximum Gasteiger partial charge on any atom is 0.495 e. The van der Waals surface area contributed by atoms with Gasteiger partial charge in [-0.3, -0.25) is 0 Å². The zero-order chi connectivity index (χ0) is 43.3. The summed E-state index contributed by atoms with van der Waals surface area (Å²) in [6.45, 7) is 29.3. The number of piperidine rings is 2. The van der Waals surface area contributed by atoms with Gasteiger partial charge in [0.05, 0.1) is 33.6 Å². The molecule has 0 bridgehead atoms. The molecular formula is C48H68B3BrN2O6. The van der Waals surface area contributed by atoms with Crippen molar-refractivity contribution in [1.82, 2.24) is 0 Å². The molecule has 0 aromatic heterocycles. The molecule has 5 fully saturated rings. The smallest absolute Gasteiger partial charge is 0.405 e. The first kappa shape index (κ1) is 45.5. The monoisotopic (exact) mass is 880 g/mol. The summed E-state index contributed by atoms with van der Waals surface area (Å²) in [5, 5.41) is 5.22. The van der Waals surface area contributed by atoms with E-state index in [0.29, 0.717) is 0 Å². The molecule has 4 aromatic rings. The van der Waals surface area contributed by atoms with Crippen LogP contribution in [-0.2, 0) is 27.9 Å². The van der Waals surface area contributed by atoms with Crippen LogP contribution in [0.3, 0.4) is 0 Å². The topological polar surface area (TPSA) is 61.9 Å². The highest BCUT2D eigenvalue weighted by atomic mass is 79.9. The van der Waals surface area contributed by atoms with Gasteiger partial charge in [0.25, 0.3) is 0 Å². The van der Waals surface area contributed by atoms with Gasteiger partial charge in [-0.2, -0.15) is 0 Å². The van der Waals surface area contributed by atoms with Crippen molar-refractivity contribution in [2.24, 2.45) is 0 Å². The van der Waals surface area contributed by atoms with Gasteiger partial charge in [0, 0.05) is 52.8 Å². The van der Waals surface area contributed by atoms with Crippen LogP contribution in [0.15, 0.2) is 77.3 Å². The van der Waals surface area contributed by atoms with E-state index in [9.17, 15) is 0 Å². The second-order valence-corrected chi connectivity index (χ2v) is 21.1. The third-order valence-electron chi connectivity index (χ3n) is 14.4. The average molecular weight is 881 g/mol. The first-order valence-electron chi connectivity index (χ1n) is 22.4. The van der Waals surface area contributed by atoms with Crippen LogP contribution in [0.25, 0.3) is 21.5 Å². The minimum absolute atomic E-state index is 0.315. The van der Waals surface area contributed by atoms with Crippen molar-refractivity contribution < 1.29 is 27.9 Å². The molecule has 60 heavy (non-hydrogen) atoms. The summed E-state index contributed by atoms with van der Waals surface area (Å²) in [6.07, 6.45) is 7.95. The molecule has 0 N–H and O–H groups in total. The van der Waals surface area contributed by atoms with Crippen LogP contribution in [0, 0.1) is 0 Å². The van der Waals surface area contributed by atoms with Gasteiger partial charge in [0.2, 0.25) is 0 Å². The molecule has 5 saturated heterocycles. The average Bonchev–Trinajstić information content (AvgIpc) is 3.68. The highest BCUT2D eigenvalue weighted by Crippen LogP contribution is 2.43. The minimum atomic E-state index is -0.476. The van der Waals surface area contributed by atoms with Crippen molar-refractivity contribution in [2.45, 2.75) is 155 Å². The lowest BCUT2D eigenvalue weighted by molar-refractivity contribution is 0.00578. The number of rotatable bonds is 4. The van der Waals surface area contributed by atoms with Crippen molar-refractivity contribution in [3.63, 3.8) is 0 Å². The van der Waals surface area contributed by atoms with Gasteiger partial charge >= 0.3 is 21.1 Å². The molecule has 0 atom stereocenters. The number of hydrogen-bond acceptors (Lipinski definition) is 8. The number of hydrogen-bond donors (Lipinski definition) is 0. The lowest BCUT2D eigenvalue weighted by Gasteiger charge is -2.32. The predicted octanol–water partition coefficient (Wildman–Crippen LogP) is 11.0. The van der Waals surface area contributed by atoms with Crippen LogP contribution in [0.2, 0.25) is 0 Å². The van der Waals surface area contributed by atoms with Gasteiger partial charge in [0.1, 0.15) is 0 Å². The predicted molar refractivity (Wildman–Crippen MR) is 256 cm³/mol. The van der Waals surface area contributed by atoms with E-state index >= 15 is 0 Å². The van der Waals surface area contributed by atoms with E-state index < -0.39 is 14.0 Å². The Morgan fingerprint density at radius 1 is 0.400 bits per heavy atom. The van der Waals surface area contributed by atoms with E-state index in [1.165, 1.54) is 89.0 Å². The standard InChI is InChI=1S/C21H28BNO2.C15H16BrN.C12H24B2O4/c1-20(2)21(3,4)25-22(24-20)18-12-13-19(23-14-8-5-9-15-23)17-11-7-6-10-16(17)18;16-14-8-9-15(17-10-4-1-5-11-17)13-7-3-2-6-12(13)14;1-9(2)10(3,4)16-13(15-9)14-17-11(5,6)12(7,8)18-14/h6-7,10-13H,5,8-9,14-15H2,1-4H3;2-3,6-9H,1,4-5,10-11H2;1-8H3. The first-order chi connectivity index (χ1) is 28.1. The summed E-state index contributed by atoms with van der Waals surface area (Å²) in [6, 6.07) is 26.2. The maximum atomic E-state index is 6.31. The van der Waals surface area contributed by atoms with E-state index in [-0.39, 0.29) is 40.7 Å². The summed E-state index contributed by atoms with van der Waals surface area (Å²) in [5.74, 6) is 0. The second-order valence-electron chi connectivity index (χ2n) is 20.3. The Kier molecular flexibility index (Phi) is 13.0. The minimum Gasteiger partial charge on any atom is -0.405 e. The number of nitrogens with zero attached hydrogens (tertiary/aromatic N) is 2. The zero-order valence-electron chi connectivity index (χ0n) is 38.5. The number of anilines is 2. The largest absolute Gasteiger partial charge is 0.495 e. The summed E-state index contributed by atoms with van der Waals surface area (Å²) in [4.78, 5) is 5.05. The van der Waals surface area contributed by atoms with E-state index in [1.54, 1.807) is 0 Å². The van der Waals surface area contributed by atoms with Gasteiger partial charge in [-0.1, -0.05) is 70.5 Å². The van der Waals surface area contributed by atoms with Crippen molar-refractivity contribution >= 4 is 75.4 Å². The molecule has 4 aromatic carbocycles. The number of fused-ring (bicyclic) bond motifs is 2. The highest BCUT2D eigenvalue weighted by Gasteiger charge is 2.63. The summed E-state index contributed by atoms with van der Waals surface area (Å²) < 4.78 is 37.7. The van der Waals surface area contributed by atoms with Crippen molar-refractivity contribution in [3.8, 4) is 0 Å². The normalized spacial score (nSPS) is 23.6. The molecule has 9 rings (SSSR count). The SMILES string of the molecule is Brc1ccc(N2CCCCC2)c2ccccc12.CC1(C)OB(B2OC(C)(C)C(C)(C)O2)OC1(C)C.CC1(C)OB(c2ccc(N3CCCCC3)c3ccccc23)OC1(C)C. The number of benzene rings is 4. The molecule has 322 valence electrons. The van der Waals surface area contributed by atoms with Gasteiger partial charge in [-0.05, 0) is 156 Å². The van der Waals surface area contributed by atoms with E-state index in [1.807, 2.05) is 55.4 Å². The summed E-state index contributed by atoms with van der Waals surface area (Å²) in [7, 11) is -1.27. The molecular weight excluding hydrogens is 813 g/mol. The quantitative estimate of drug-likeness (QED) is 0.188. The molecule has 0 unspecified atom stereocenters. The van der Waals surface area contributed by atoms with E-state index in [0.717, 1.165) is 18.6 Å². The zero-order valence-corrected chi connectivity index (χ0v) is 40.0. The molecule has 8 nitrogen and oxygen atoms in total. The van der Waals surface area contributed by atoms with Gasteiger partial charge in [-0.15, -0.1) is 0 Å². The fourth-order valence-electron chi connectivity index (χ4n) is 8.55. The highest BCUT2D eigenvalue weighted by molar-refractivity contribution is 9.10. The lowest BCUT2D eigenvalue weighted by atomic mass is 9.49. The Bertz CT molecular complexity index is 2050. The maximum absolute atomic E-state index is 6.31. The molecule has 5 aliphatic rings. The Balaban J connectivity index is 0.000000140. The molecule has 0 aliphatic carbocycles. The van der Waals surface area contributed by atoms with Crippen LogP contribution in [0.5, 0.6) is 0 Å². The fourth-order valence-corrected chi connectivity index (χ4v) is 9.03. The molecule has 5 heterocycles. The first-order valence-corrected chi connectivity index (χ1v) is 23.2. The molecule has 0 spiro atoms. The van der Waals surface area contributed by atoms with Crippen LogP contribution in [0.1, 0.15) is 122 Å². The van der Waals surface area contributed by atoms with Crippen LogP contribution < -0.4 is 15.3 Å². The molecule has 0 radical (unpaired) electrons. The van der Waals surface area contributed by atoms with Crippen molar-refractivity contribution in [2.75, 3.05) is 36.0 Å². The Hall–Kier alpha value is -2.57. The Morgan fingerprint density at radius 2 is 0.733 bits per heavy atom. The van der Waals surface area contributed by atoms with Gasteiger partial charge in [-0.25, -0.2) is 0 Å². The third-order valence-corrected chi connectivity index (χ3v) is 15.1. The third kappa shape index (κ3) is 9.09. The van der Waals surface area contributed by atoms with Crippen molar-refractivity contribution in [1.29, 1.82) is 0 Å². The fraction of sp³-hybridized carbons (Fsp3) is 0.583. The van der Waals surface area contributed by atoms with Crippen LogP contribution >= 0.6 is 15.9 Å². The Morgan fingerprint density at radius 3 is 1.15 bits per heavy atom. The van der Waals surface area contributed by atoms with Crippen molar-refractivity contribution in [3.05, 3.63) is 77.3 Å². The van der Waals surface area contributed by atoms with Crippen LogP contribution in [0.4, 0.5) is 11.4 Å². The summed E-state index contributed by atoms with van der Waals surface area (Å²) >= 11 is 3.64. The molecule has 0 amide bonds. The van der Waals surface area contributed by atoms with Crippen LogP contribution in [-0.4, -0.2) is 80.9 Å². The Labute approximate surface area is 370 Å². The molecule has 12 heteroatoms. The molecule has 5 aliphatic heterocycles. The number of halogens is 1. The van der Waals surface area contributed by atoms with E-state index in [4.69, 9.17) is 27.9 Å². The lowest BCUT2D eigenvalue weighted by Crippen LogP contribution is -2.41. The summed E-state index contributed by atoms with van der Waals surface area (Å²) in [5.41, 5.74) is 1.80. The van der Waals surface area contributed by atoms with E-state index in [2.05, 4.69) is 126 Å². The second kappa shape index (κ2) is 17.2. The van der Waals surface area contributed by atoms with Gasteiger partial charge in [0.15, 0.2) is 0 Å². The molecule has 0 saturated carbocycles. The van der Waals surface area contributed by atoms with Gasteiger partial charge < -0.3 is 37.7 Å².